The molecule has 0 aliphatic rings. The predicted molar refractivity (Wildman–Crippen MR) is 76.9 cm³/mol. The van der Waals surface area contributed by atoms with E-state index in [4.69, 9.17) is 5.73 Å². The van der Waals surface area contributed by atoms with E-state index < -0.39 is 11.1 Å². The van der Waals surface area contributed by atoms with Gasteiger partial charge in [0.1, 0.15) is 11.4 Å². The summed E-state index contributed by atoms with van der Waals surface area (Å²) in [4.78, 5) is 18.6. The van der Waals surface area contributed by atoms with Crippen molar-refractivity contribution in [2.75, 3.05) is 0 Å². The lowest BCUT2D eigenvalue weighted by molar-refractivity contribution is 0.432. The molecule has 4 N–H and O–H groups in total. The lowest BCUT2D eigenvalue weighted by Crippen LogP contribution is -2.33. The van der Waals surface area contributed by atoms with Crippen LogP contribution in [0.3, 0.4) is 0 Å². The van der Waals surface area contributed by atoms with E-state index in [1.54, 1.807) is 38.1 Å². The molecule has 6 heteroatoms. The van der Waals surface area contributed by atoms with Gasteiger partial charge in [0.2, 0.25) is 5.88 Å². The molecule has 0 aliphatic carbocycles. The third kappa shape index (κ3) is 2.85. The van der Waals surface area contributed by atoms with Gasteiger partial charge in [0.05, 0.1) is 5.54 Å². The third-order valence-corrected chi connectivity index (χ3v) is 3.17. The van der Waals surface area contributed by atoms with E-state index in [0.29, 0.717) is 5.56 Å². The minimum absolute atomic E-state index is 0.139. The summed E-state index contributed by atoms with van der Waals surface area (Å²) < 4.78 is 0.889. The first-order chi connectivity index (χ1) is 8.79. The topological polar surface area (TPSA) is 92.0 Å². The highest BCUT2D eigenvalue weighted by molar-refractivity contribution is 9.10. The zero-order valence-corrected chi connectivity index (χ0v) is 12.2. The monoisotopic (exact) mass is 323 g/mol. The SMILES string of the molecule is CC(C)(N)c1nc(O)c(-c2ccc(Br)cc2)c(=O)[nH]1. The molecule has 5 nitrogen and oxygen atoms in total. The zero-order chi connectivity index (χ0) is 14.2. The molecule has 2 aromatic rings. The maximum atomic E-state index is 12.1. The van der Waals surface area contributed by atoms with Crippen LogP contribution in [0.1, 0.15) is 19.7 Å². The molecule has 1 aromatic carbocycles. The minimum atomic E-state index is -0.825. The molecule has 0 atom stereocenters. The summed E-state index contributed by atoms with van der Waals surface area (Å²) in [5.41, 5.74) is 5.35. The first-order valence-electron chi connectivity index (χ1n) is 5.67. The number of nitrogens with two attached hydrogens (primary N) is 1. The Bertz CT molecular complexity index is 657. The molecular weight excluding hydrogens is 310 g/mol. The van der Waals surface area contributed by atoms with Gasteiger partial charge in [-0.2, -0.15) is 4.98 Å². The Kier molecular flexibility index (Phi) is 3.47. The highest BCUT2D eigenvalue weighted by Crippen LogP contribution is 2.26. The van der Waals surface area contributed by atoms with Crippen LogP contribution in [0.2, 0.25) is 0 Å². The summed E-state index contributed by atoms with van der Waals surface area (Å²) in [6, 6.07) is 7.02. The number of benzene rings is 1. The maximum absolute atomic E-state index is 12.1. The number of aromatic nitrogens is 2. The first-order valence-corrected chi connectivity index (χ1v) is 6.47. The second kappa shape index (κ2) is 4.79. The van der Waals surface area contributed by atoms with Gasteiger partial charge >= 0.3 is 0 Å². The number of aromatic amines is 1. The van der Waals surface area contributed by atoms with Crippen molar-refractivity contribution in [3.05, 3.63) is 44.9 Å². The van der Waals surface area contributed by atoms with Gasteiger partial charge in [-0.05, 0) is 31.5 Å². The van der Waals surface area contributed by atoms with Crippen molar-refractivity contribution in [2.45, 2.75) is 19.4 Å². The van der Waals surface area contributed by atoms with Crippen molar-refractivity contribution >= 4 is 15.9 Å². The van der Waals surface area contributed by atoms with E-state index in [1.807, 2.05) is 0 Å². The fourth-order valence-electron chi connectivity index (χ4n) is 1.64. The van der Waals surface area contributed by atoms with Crippen molar-refractivity contribution in [3.63, 3.8) is 0 Å². The van der Waals surface area contributed by atoms with Gasteiger partial charge in [0, 0.05) is 4.47 Å². The first kappa shape index (κ1) is 13.8. The molecular formula is C13H14BrN3O2. The van der Waals surface area contributed by atoms with E-state index in [9.17, 15) is 9.90 Å². The van der Waals surface area contributed by atoms with Gasteiger partial charge in [0.25, 0.3) is 5.56 Å². The molecule has 0 spiro atoms. The summed E-state index contributed by atoms with van der Waals surface area (Å²) in [6.45, 7) is 3.40. The molecule has 0 bridgehead atoms. The number of hydrogen-bond donors (Lipinski definition) is 3. The molecule has 0 radical (unpaired) electrons. The standard InChI is InChI=1S/C13H14BrN3O2/c1-13(2,15)12-16-10(18)9(11(19)17-12)7-3-5-8(14)6-4-7/h3-6H,15H2,1-2H3,(H2,16,17,18,19). The van der Waals surface area contributed by atoms with E-state index >= 15 is 0 Å². The maximum Gasteiger partial charge on any atom is 0.262 e. The molecule has 2 rings (SSSR count). The Hall–Kier alpha value is -1.66. The Labute approximate surface area is 118 Å². The Morgan fingerprint density at radius 2 is 1.89 bits per heavy atom. The summed E-state index contributed by atoms with van der Waals surface area (Å²) in [5.74, 6) is -0.0736. The normalized spacial score (nSPS) is 11.6. The average Bonchev–Trinajstić information content (AvgIpc) is 2.29. The molecule has 100 valence electrons. The van der Waals surface area contributed by atoms with Gasteiger partial charge in [-0.1, -0.05) is 28.1 Å². The smallest absolute Gasteiger partial charge is 0.262 e. The van der Waals surface area contributed by atoms with E-state index in [0.717, 1.165) is 4.47 Å². The van der Waals surface area contributed by atoms with Gasteiger partial charge in [-0.15, -0.1) is 0 Å². The van der Waals surface area contributed by atoms with Gasteiger partial charge in [-0.3, -0.25) is 4.79 Å². The van der Waals surface area contributed by atoms with Crippen molar-refractivity contribution in [1.29, 1.82) is 0 Å². The van der Waals surface area contributed by atoms with Gasteiger partial charge in [-0.25, -0.2) is 0 Å². The van der Waals surface area contributed by atoms with Crippen LogP contribution in [0.5, 0.6) is 5.88 Å². The van der Waals surface area contributed by atoms with Crippen molar-refractivity contribution in [1.82, 2.24) is 9.97 Å². The molecule has 1 heterocycles. The third-order valence-electron chi connectivity index (χ3n) is 2.64. The van der Waals surface area contributed by atoms with Crippen LogP contribution in [0.15, 0.2) is 33.5 Å². The number of nitrogens with zero attached hydrogens (tertiary/aromatic N) is 1. The average molecular weight is 324 g/mol. The zero-order valence-electron chi connectivity index (χ0n) is 10.6. The fraction of sp³-hybridized carbons (Fsp3) is 0.231. The fourth-order valence-corrected chi connectivity index (χ4v) is 1.91. The van der Waals surface area contributed by atoms with Crippen LogP contribution in [0.25, 0.3) is 11.1 Å². The highest BCUT2D eigenvalue weighted by Gasteiger charge is 2.21. The molecule has 0 fully saturated rings. The van der Waals surface area contributed by atoms with Gasteiger partial charge in [0.15, 0.2) is 0 Å². The van der Waals surface area contributed by atoms with Crippen LogP contribution in [-0.2, 0) is 5.54 Å². The van der Waals surface area contributed by atoms with Crippen LogP contribution in [0.4, 0.5) is 0 Å². The van der Waals surface area contributed by atoms with Crippen molar-refractivity contribution < 1.29 is 5.11 Å². The Morgan fingerprint density at radius 1 is 1.32 bits per heavy atom. The predicted octanol–water partition coefficient (Wildman–Crippen LogP) is 2.10. The molecule has 0 amide bonds. The Morgan fingerprint density at radius 3 is 2.37 bits per heavy atom. The van der Waals surface area contributed by atoms with Crippen LogP contribution in [-0.4, -0.2) is 15.1 Å². The molecule has 0 saturated heterocycles. The summed E-state index contributed by atoms with van der Waals surface area (Å²) in [6.07, 6.45) is 0. The summed E-state index contributed by atoms with van der Waals surface area (Å²) in [5, 5.41) is 9.96. The number of halogens is 1. The van der Waals surface area contributed by atoms with Gasteiger partial charge < -0.3 is 15.8 Å². The van der Waals surface area contributed by atoms with Crippen molar-refractivity contribution in [2.24, 2.45) is 5.73 Å². The number of aromatic hydroxyl groups is 1. The molecule has 0 unspecified atom stereocenters. The van der Waals surface area contributed by atoms with Crippen molar-refractivity contribution in [3.8, 4) is 17.0 Å². The second-order valence-electron chi connectivity index (χ2n) is 4.84. The van der Waals surface area contributed by atoms with E-state index in [2.05, 4.69) is 25.9 Å². The summed E-state index contributed by atoms with van der Waals surface area (Å²) in [7, 11) is 0. The van der Waals surface area contributed by atoms with E-state index in [1.165, 1.54) is 0 Å². The minimum Gasteiger partial charge on any atom is -0.493 e. The highest BCUT2D eigenvalue weighted by atomic mass is 79.9. The molecule has 0 saturated carbocycles. The molecule has 19 heavy (non-hydrogen) atoms. The second-order valence-corrected chi connectivity index (χ2v) is 5.76. The van der Waals surface area contributed by atoms with Crippen LogP contribution in [0, 0.1) is 0 Å². The Balaban J connectivity index is 2.60. The quantitative estimate of drug-likeness (QED) is 0.789. The largest absolute Gasteiger partial charge is 0.493 e. The lowest BCUT2D eigenvalue weighted by Gasteiger charge is -2.17. The number of nitrogens with one attached hydrogen (secondary N) is 1. The lowest BCUT2D eigenvalue weighted by atomic mass is 10.1. The van der Waals surface area contributed by atoms with E-state index in [-0.39, 0.29) is 17.3 Å². The van der Waals surface area contributed by atoms with Crippen LogP contribution >= 0.6 is 15.9 Å². The summed E-state index contributed by atoms with van der Waals surface area (Å²) >= 11 is 3.31. The number of hydrogen-bond acceptors (Lipinski definition) is 4. The molecule has 1 aromatic heterocycles. The molecule has 0 aliphatic heterocycles. The number of rotatable bonds is 2. The van der Waals surface area contributed by atoms with Crippen LogP contribution < -0.4 is 11.3 Å². The number of H-pyrrole nitrogens is 1.